The van der Waals surface area contributed by atoms with Gasteiger partial charge in [-0.05, 0) is 12.1 Å². The van der Waals surface area contributed by atoms with Crippen LogP contribution in [0.2, 0.25) is 0 Å². The van der Waals surface area contributed by atoms with E-state index in [1.54, 1.807) is 37.3 Å². The summed E-state index contributed by atoms with van der Waals surface area (Å²) in [6, 6.07) is 5.27. The molecule has 126 valence electrons. The van der Waals surface area contributed by atoms with Gasteiger partial charge < -0.3 is 19.7 Å². The number of nitrogens with one attached hydrogen (secondary N) is 1. The van der Waals surface area contributed by atoms with E-state index in [9.17, 15) is 9.59 Å². The fourth-order valence-corrected chi connectivity index (χ4v) is 2.47. The van der Waals surface area contributed by atoms with Crippen LogP contribution in [0.25, 0.3) is 0 Å². The largest absolute Gasteiger partial charge is 0.497 e. The minimum absolute atomic E-state index is 0.0636. The predicted molar refractivity (Wildman–Crippen MR) is 86.9 cm³/mol. The second-order valence-electron chi connectivity index (χ2n) is 5.35. The lowest BCUT2D eigenvalue weighted by molar-refractivity contribution is -0.120. The van der Waals surface area contributed by atoms with Gasteiger partial charge in [-0.3, -0.25) is 14.5 Å². The average Bonchev–Trinajstić information content (AvgIpc) is 2.60. The second-order valence-corrected chi connectivity index (χ2v) is 5.35. The molecule has 0 saturated carbocycles. The number of benzene rings is 1. The molecule has 0 radical (unpaired) electrons. The lowest BCUT2D eigenvalue weighted by atomic mass is 10.2. The van der Waals surface area contributed by atoms with Crippen LogP contribution in [0.4, 0.5) is 5.69 Å². The van der Waals surface area contributed by atoms with Gasteiger partial charge in [0.2, 0.25) is 12.3 Å². The fraction of sp³-hybridized carbons (Fsp3) is 0.500. The number of rotatable bonds is 7. The molecule has 1 fully saturated rings. The van der Waals surface area contributed by atoms with Gasteiger partial charge in [0.15, 0.2) is 0 Å². The molecule has 1 aliphatic rings. The first-order chi connectivity index (χ1) is 11.2. The lowest BCUT2D eigenvalue weighted by Crippen LogP contribution is -2.46. The van der Waals surface area contributed by atoms with Gasteiger partial charge >= 0.3 is 0 Å². The van der Waals surface area contributed by atoms with Crippen molar-refractivity contribution in [3.05, 3.63) is 18.2 Å². The van der Waals surface area contributed by atoms with Crippen LogP contribution in [0.5, 0.6) is 11.5 Å². The highest BCUT2D eigenvalue weighted by molar-refractivity contribution is 5.92. The summed E-state index contributed by atoms with van der Waals surface area (Å²) >= 11 is 0. The van der Waals surface area contributed by atoms with Gasteiger partial charge in [0.1, 0.15) is 11.5 Å². The van der Waals surface area contributed by atoms with Crippen LogP contribution in [0.1, 0.15) is 6.42 Å². The molecule has 1 saturated heterocycles. The number of piperazine rings is 1. The highest BCUT2D eigenvalue weighted by Crippen LogP contribution is 2.29. The van der Waals surface area contributed by atoms with Gasteiger partial charge in [-0.15, -0.1) is 0 Å². The number of ether oxygens (including phenoxy) is 2. The van der Waals surface area contributed by atoms with Crippen molar-refractivity contribution in [2.45, 2.75) is 6.42 Å². The SMILES string of the molecule is COc1ccc(NC(=O)CCN2CCN(C=O)CC2)c(OC)c1. The van der Waals surface area contributed by atoms with Crippen molar-refractivity contribution in [2.24, 2.45) is 0 Å². The van der Waals surface area contributed by atoms with Crippen LogP contribution in [0.15, 0.2) is 18.2 Å². The standard InChI is InChI=1S/C16H23N3O4/c1-22-13-3-4-14(15(11-13)23-2)17-16(21)5-6-18-7-9-19(12-20)10-8-18/h3-4,11-12H,5-10H2,1-2H3,(H,17,21). The van der Waals surface area contributed by atoms with Crippen LogP contribution < -0.4 is 14.8 Å². The van der Waals surface area contributed by atoms with Gasteiger partial charge in [0.25, 0.3) is 0 Å². The maximum atomic E-state index is 12.1. The molecule has 7 heteroatoms. The van der Waals surface area contributed by atoms with Gasteiger partial charge in [-0.2, -0.15) is 0 Å². The molecule has 7 nitrogen and oxygen atoms in total. The van der Waals surface area contributed by atoms with Crippen molar-refractivity contribution < 1.29 is 19.1 Å². The first-order valence-corrected chi connectivity index (χ1v) is 7.60. The molecule has 0 unspecified atom stereocenters. The summed E-state index contributed by atoms with van der Waals surface area (Å²) in [6.07, 6.45) is 1.27. The number of methoxy groups -OCH3 is 2. The second kappa shape index (κ2) is 8.38. The van der Waals surface area contributed by atoms with Gasteiger partial charge in [0.05, 0.1) is 19.9 Å². The number of anilines is 1. The van der Waals surface area contributed by atoms with Crippen molar-refractivity contribution in [1.82, 2.24) is 9.80 Å². The van der Waals surface area contributed by atoms with Crippen molar-refractivity contribution in [3.8, 4) is 11.5 Å². The topological polar surface area (TPSA) is 71.1 Å². The van der Waals surface area contributed by atoms with Crippen LogP contribution in [0.3, 0.4) is 0 Å². The molecule has 1 aliphatic heterocycles. The molecule has 2 rings (SSSR count). The first kappa shape index (κ1) is 17.1. The number of amides is 2. The molecule has 0 aromatic heterocycles. The summed E-state index contributed by atoms with van der Waals surface area (Å²) in [6.45, 7) is 3.72. The lowest BCUT2D eigenvalue weighted by Gasteiger charge is -2.32. The quantitative estimate of drug-likeness (QED) is 0.753. The molecule has 0 spiro atoms. The molecule has 1 heterocycles. The summed E-state index contributed by atoms with van der Waals surface area (Å²) in [5.41, 5.74) is 0.629. The average molecular weight is 321 g/mol. The fourth-order valence-electron chi connectivity index (χ4n) is 2.47. The van der Waals surface area contributed by atoms with Gasteiger partial charge in [-0.25, -0.2) is 0 Å². The minimum Gasteiger partial charge on any atom is -0.497 e. The Hall–Kier alpha value is -2.28. The van der Waals surface area contributed by atoms with E-state index >= 15 is 0 Å². The molecule has 23 heavy (non-hydrogen) atoms. The first-order valence-electron chi connectivity index (χ1n) is 7.60. The predicted octanol–water partition coefficient (Wildman–Crippen LogP) is 0.806. The maximum Gasteiger partial charge on any atom is 0.225 e. The van der Waals surface area contributed by atoms with Crippen molar-refractivity contribution >= 4 is 18.0 Å². The van der Waals surface area contributed by atoms with Crippen molar-refractivity contribution in [3.63, 3.8) is 0 Å². The van der Waals surface area contributed by atoms with E-state index in [1.165, 1.54) is 0 Å². The van der Waals surface area contributed by atoms with Crippen LogP contribution in [0, 0.1) is 0 Å². The van der Waals surface area contributed by atoms with E-state index in [4.69, 9.17) is 9.47 Å². The number of hydrogen-bond donors (Lipinski definition) is 1. The summed E-state index contributed by atoms with van der Waals surface area (Å²) in [5.74, 6) is 1.18. The highest BCUT2D eigenvalue weighted by atomic mass is 16.5. The third-order valence-corrected chi connectivity index (χ3v) is 3.89. The van der Waals surface area contributed by atoms with Gasteiger partial charge in [-0.1, -0.05) is 0 Å². The number of hydrogen-bond acceptors (Lipinski definition) is 5. The molecule has 0 atom stereocenters. The Morgan fingerprint density at radius 3 is 2.57 bits per heavy atom. The Morgan fingerprint density at radius 1 is 1.22 bits per heavy atom. The van der Waals surface area contributed by atoms with E-state index in [-0.39, 0.29) is 5.91 Å². The summed E-state index contributed by atoms with van der Waals surface area (Å²) < 4.78 is 10.4. The third kappa shape index (κ3) is 4.85. The van der Waals surface area contributed by atoms with Crippen LogP contribution in [-0.2, 0) is 9.59 Å². The zero-order valence-corrected chi connectivity index (χ0v) is 13.6. The van der Waals surface area contributed by atoms with E-state index < -0.39 is 0 Å². The Labute approximate surface area is 136 Å². The summed E-state index contributed by atoms with van der Waals surface area (Å²) in [4.78, 5) is 26.7. The summed E-state index contributed by atoms with van der Waals surface area (Å²) in [5, 5.41) is 2.86. The molecular weight excluding hydrogens is 298 g/mol. The number of carbonyl (C=O) groups is 2. The highest BCUT2D eigenvalue weighted by Gasteiger charge is 2.16. The Balaban J connectivity index is 1.82. The molecule has 1 aromatic carbocycles. The molecule has 2 amide bonds. The molecule has 0 bridgehead atoms. The van der Waals surface area contributed by atoms with E-state index in [1.807, 2.05) is 0 Å². The van der Waals surface area contributed by atoms with E-state index in [0.717, 1.165) is 32.6 Å². The van der Waals surface area contributed by atoms with Crippen LogP contribution >= 0.6 is 0 Å². The molecular formula is C16H23N3O4. The maximum absolute atomic E-state index is 12.1. The number of nitrogens with zero attached hydrogens (tertiary/aromatic N) is 2. The van der Waals surface area contributed by atoms with Crippen molar-refractivity contribution in [2.75, 3.05) is 52.3 Å². The molecule has 1 N–H and O–H groups in total. The Morgan fingerprint density at radius 2 is 1.96 bits per heavy atom. The monoisotopic (exact) mass is 321 g/mol. The number of carbonyl (C=O) groups excluding carboxylic acids is 2. The smallest absolute Gasteiger partial charge is 0.225 e. The molecule has 1 aromatic rings. The van der Waals surface area contributed by atoms with Crippen molar-refractivity contribution in [1.29, 1.82) is 0 Å². The van der Waals surface area contributed by atoms with Gasteiger partial charge in [0, 0.05) is 45.2 Å². The third-order valence-electron chi connectivity index (χ3n) is 3.89. The Bertz CT molecular complexity index is 542. The zero-order valence-electron chi connectivity index (χ0n) is 13.6. The van der Waals surface area contributed by atoms with E-state index in [2.05, 4.69) is 10.2 Å². The molecule has 0 aliphatic carbocycles. The normalized spacial score (nSPS) is 15.1. The van der Waals surface area contributed by atoms with Crippen LogP contribution in [-0.4, -0.2) is 69.1 Å². The van der Waals surface area contributed by atoms with E-state index in [0.29, 0.717) is 30.2 Å². The Kier molecular flexibility index (Phi) is 6.22. The zero-order chi connectivity index (χ0) is 16.7. The summed E-state index contributed by atoms with van der Waals surface area (Å²) in [7, 11) is 3.13. The minimum atomic E-state index is -0.0636.